The number of hydrogen-bond donors (Lipinski definition) is 2. The van der Waals surface area contributed by atoms with Gasteiger partial charge in [-0.25, -0.2) is 9.59 Å². The Hall–Kier alpha value is -1.52. The van der Waals surface area contributed by atoms with Crippen molar-refractivity contribution < 1.29 is 19.4 Å². The standard InChI is InChI=1S/C9H15NO4/c1-9(2,3)14-8(13)10-6-4-5-7(11)12/h4-5H,6H2,1-3H3,(H,10,13)(H,11,12)/b5-4-. The van der Waals surface area contributed by atoms with Crippen molar-refractivity contribution in [1.29, 1.82) is 0 Å². The van der Waals surface area contributed by atoms with Crippen molar-refractivity contribution in [2.24, 2.45) is 0 Å². The monoisotopic (exact) mass is 201 g/mol. The minimum absolute atomic E-state index is 0.140. The molecule has 80 valence electrons. The molecule has 0 aliphatic rings. The van der Waals surface area contributed by atoms with Crippen molar-refractivity contribution in [2.75, 3.05) is 6.54 Å². The summed E-state index contributed by atoms with van der Waals surface area (Å²) in [7, 11) is 0. The summed E-state index contributed by atoms with van der Waals surface area (Å²) in [5.41, 5.74) is -0.541. The summed E-state index contributed by atoms with van der Waals surface area (Å²) in [5, 5.41) is 10.6. The van der Waals surface area contributed by atoms with Crippen LogP contribution in [0.5, 0.6) is 0 Å². The molecular formula is C9H15NO4. The van der Waals surface area contributed by atoms with Crippen LogP contribution < -0.4 is 5.32 Å². The van der Waals surface area contributed by atoms with E-state index in [4.69, 9.17) is 9.84 Å². The molecule has 0 aromatic heterocycles. The molecule has 0 fully saturated rings. The van der Waals surface area contributed by atoms with Crippen LogP contribution in [0.3, 0.4) is 0 Å². The van der Waals surface area contributed by atoms with Crippen molar-refractivity contribution in [1.82, 2.24) is 5.32 Å². The minimum Gasteiger partial charge on any atom is -0.478 e. The van der Waals surface area contributed by atoms with E-state index in [2.05, 4.69) is 5.32 Å². The lowest BCUT2D eigenvalue weighted by atomic mass is 10.2. The highest BCUT2D eigenvalue weighted by Gasteiger charge is 2.14. The molecule has 0 saturated heterocycles. The Bertz CT molecular complexity index is 240. The Morgan fingerprint density at radius 2 is 2.00 bits per heavy atom. The Morgan fingerprint density at radius 3 is 2.43 bits per heavy atom. The maximum Gasteiger partial charge on any atom is 0.407 e. The lowest BCUT2D eigenvalue weighted by Crippen LogP contribution is -2.32. The second-order valence-corrected chi connectivity index (χ2v) is 3.62. The fourth-order valence-electron chi connectivity index (χ4n) is 0.616. The molecule has 2 N–H and O–H groups in total. The van der Waals surface area contributed by atoms with Crippen LogP contribution in [0.25, 0.3) is 0 Å². The van der Waals surface area contributed by atoms with E-state index >= 15 is 0 Å². The van der Waals surface area contributed by atoms with Gasteiger partial charge in [-0.1, -0.05) is 6.08 Å². The summed E-state index contributed by atoms with van der Waals surface area (Å²) in [4.78, 5) is 21.0. The van der Waals surface area contributed by atoms with Crippen molar-refractivity contribution in [3.05, 3.63) is 12.2 Å². The van der Waals surface area contributed by atoms with E-state index in [1.54, 1.807) is 20.8 Å². The summed E-state index contributed by atoms with van der Waals surface area (Å²) in [5.74, 6) is -1.05. The molecule has 0 bridgehead atoms. The highest BCUT2D eigenvalue weighted by molar-refractivity contribution is 5.79. The number of ether oxygens (including phenoxy) is 1. The molecule has 0 spiro atoms. The van der Waals surface area contributed by atoms with Gasteiger partial charge in [-0.3, -0.25) is 0 Å². The Balaban J connectivity index is 3.71. The summed E-state index contributed by atoms with van der Waals surface area (Å²) >= 11 is 0. The van der Waals surface area contributed by atoms with Crippen molar-refractivity contribution >= 4 is 12.1 Å². The number of alkyl carbamates (subject to hydrolysis) is 1. The van der Waals surface area contributed by atoms with Gasteiger partial charge in [-0.05, 0) is 20.8 Å². The zero-order chi connectivity index (χ0) is 11.2. The zero-order valence-electron chi connectivity index (χ0n) is 8.53. The van der Waals surface area contributed by atoms with Gasteiger partial charge in [-0.15, -0.1) is 0 Å². The molecule has 0 atom stereocenters. The fraction of sp³-hybridized carbons (Fsp3) is 0.556. The molecule has 0 radical (unpaired) electrons. The third-order valence-corrected chi connectivity index (χ3v) is 1.02. The fourth-order valence-corrected chi connectivity index (χ4v) is 0.616. The summed E-state index contributed by atoms with van der Waals surface area (Å²) in [6.45, 7) is 5.39. The van der Waals surface area contributed by atoms with E-state index in [1.807, 2.05) is 0 Å². The van der Waals surface area contributed by atoms with Gasteiger partial charge in [0.15, 0.2) is 0 Å². The van der Waals surface area contributed by atoms with Crippen molar-refractivity contribution in [3.63, 3.8) is 0 Å². The number of aliphatic carboxylic acids is 1. The zero-order valence-corrected chi connectivity index (χ0v) is 8.53. The second-order valence-electron chi connectivity index (χ2n) is 3.62. The third-order valence-electron chi connectivity index (χ3n) is 1.02. The first-order valence-electron chi connectivity index (χ1n) is 4.17. The van der Waals surface area contributed by atoms with Gasteiger partial charge < -0.3 is 15.2 Å². The van der Waals surface area contributed by atoms with Gasteiger partial charge in [0, 0.05) is 12.6 Å². The average Bonchev–Trinajstić information content (AvgIpc) is 1.94. The number of carbonyl (C=O) groups excluding carboxylic acids is 1. The van der Waals surface area contributed by atoms with E-state index in [0.29, 0.717) is 0 Å². The van der Waals surface area contributed by atoms with Crippen LogP contribution in [0.1, 0.15) is 20.8 Å². The first kappa shape index (κ1) is 12.5. The van der Waals surface area contributed by atoms with Crippen LogP contribution in [0.4, 0.5) is 4.79 Å². The molecule has 0 aromatic carbocycles. The molecule has 0 unspecified atom stereocenters. The van der Waals surface area contributed by atoms with Gasteiger partial charge in [-0.2, -0.15) is 0 Å². The number of hydrogen-bond acceptors (Lipinski definition) is 3. The Kier molecular flexibility index (Phi) is 4.69. The molecule has 0 heterocycles. The van der Waals surface area contributed by atoms with Gasteiger partial charge in [0.1, 0.15) is 5.60 Å². The molecule has 0 saturated carbocycles. The maximum atomic E-state index is 11.0. The van der Waals surface area contributed by atoms with E-state index in [0.717, 1.165) is 6.08 Å². The molecule has 0 aliphatic carbocycles. The predicted molar refractivity (Wildman–Crippen MR) is 51.0 cm³/mol. The summed E-state index contributed by atoms with van der Waals surface area (Å²) in [6.07, 6.45) is 1.72. The van der Waals surface area contributed by atoms with E-state index in [-0.39, 0.29) is 6.54 Å². The lowest BCUT2D eigenvalue weighted by Gasteiger charge is -2.19. The molecule has 0 aliphatic heterocycles. The number of amides is 1. The maximum absolute atomic E-state index is 11.0. The van der Waals surface area contributed by atoms with Crippen molar-refractivity contribution in [3.8, 4) is 0 Å². The first-order valence-corrected chi connectivity index (χ1v) is 4.17. The minimum atomic E-state index is -1.05. The van der Waals surface area contributed by atoms with Crippen LogP contribution in [0.15, 0.2) is 12.2 Å². The smallest absolute Gasteiger partial charge is 0.407 e. The molecule has 5 heteroatoms. The van der Waals surface area contributed by atoms with Crippen LogP contribution in [-0.4, -0.2) is 29.3 Å². The van der Waals surface area contributed by atoms with E-state index < -0.39 is 17.7 Å². The Labute approximate surface area is 82.7 Å². The normalized spacial score (nSPS) is 11.4. The van der Waals surface area contributed by atoms with Crippen LogP contribution in [0, 0.1) is 0 Å². The molecule has 0 aromatic rings. The van der Waals surface area contributed by atoms with Crippen LogP contribution in [0.2, 0.25) is 0 Å². The van der Waals surface area contributed by atoms with Gasteiger partial charge in [0.25, 0.3) is 0 Å². The SMILES string of the molecule is CC(C)(C)OC(=O)NC/C=C\C(=O)O. The van der Waals surface area contributed by atoms with Crippen molar-refractivity contribution in [2.45, 2.75) is 26.4 Å². The van der Waals surface area contributed by atoms with Gasteiger partial charge >= 0.3 is 12.1 Å². The highest BCUT2D eigenvalue weighted by Crippen LogP contribution is 2.05. The molecule has 1 amide bonds. The van der Waals surface area contributed by atoms with E-state index in [1.165, 1.54) is 6.08 Å². The average molecular weight is 201 g/mol. The topological polar surface area (TPSA) is 75.6 Å². The largest absolute Gasteiger partial charge is 0.478 e. The van der Waals surface area contributed by atoms with Gasteiger partial charge in [0.2, 0.25) is 0 Å². The number of carbonyl (C=O) groups is 2. The second kappa shape index (κ2) is 5.26. The number of nitrogens with one attached hydrogen (secondary N) is 1. The molecule has 14 heavy (non-hydrogen) atoms. The number of carboxylic acid groups (broad SMARTS) is 1. The van der Waals surface area contributed by atoms with Crippen LogP contribution in [-0.2, 0) is 9.53 Å². The van der Waals surface area contributed by atoms with E-state index in [9.17, 15) is 9.59 Å². The Morgan fingerprint density at radius 1 is 1.43 bits per heavy atom. The highest BCUT2D eigenvalue weighted by atomic mass is 16.6. The number of rotatable bonds is 3. The quantitative estimate of drug-likeness (QED) is 0.671. The molecular weight excluding hydrogens is 186 g/mol. The molecule has 0 rings (SSSR count). The summed E-state index contributed by atoms with van der Waals surface area (Å²) < 4.78 is 4.91. The third kappa shape index (κ3) is 8.58. The molecule has 5 nitrogen and oxygen atoms in total. The predicted octanol–water partition coefficient (Wildman–Crippen LogP) is 1.15. The van der Waals surface area contributed by atoms with Gasteiger partial charge in [0.05, 0.1) is 0 Å². The first-order chi connectivity index (χ1) is 6.31. The number of carboxylic acids is 1. The lowest BCUT2D eigenvalue weighted by molar-refractivity contribution is -0.131. The van der Waals surface area contributed by atoms with Crippen LogP contribution >= 0.6 is 0 Å². The summed E-state index contributed by atoms with van der Waals surface area (Å²) in [6, 6.07) is 0.